The number of halogens is 2. The highest BCUT2D eigenvalue weighted by Crippen LogP contribution is 2.22. The first kappa shape index (κ1) is 22.5. The monoisotopic (exact) mass is 459 g/mol. The number of piperazine rings is 1. The molecule has 3 heterocycles. The fourth-order valence-electron chi connectivity index (χ4n) is 3.52. The van der Waals surface area contributed by atoms with Crippen LogP contribution in [0.15, 0.2) is 36.4 Å². The first-order chi connectivity index (χ1) is 16.0. The molecular formula is C21H23F2N7O3. The smallest absolute Gasteiger partial charge is 0.329 e. The molecular weight excluding hydrogens is 436 g/mol. The van der Waals surface area contributed by atoms with Gasteiger partial charge in [0.05, 0.1) is 18.5 Å². The lowest BCUT2D eigenvalue weighted by atomic mass is 10.2. The third-order valence-corrected chi connectivity index (χ3v) is 5.34. The Kier molecular flexibility index (Phi) is 6.73. The molecule has 1 aromatic carbocycles. The van der Waals surface area contributed by atoms with Gasteiger partial charge in [0.1, 0.15) is 18.3 Å². The molecule has 1 atom stereocenters. The molecule has 0 aliphatic carbocycles. The lowest BCUT2D eigenvalue weighted by Crippen LogP contribution is -2.55. The number of esters is 1. The van der Waals surface area contributed by atoms with Crippen molar-refractivity contribution < 1.29 is 23.0 Å². The SMILES string of the molecule is COC(=O)[C@@H]1CNCCN1c1ccc(OCc2c(C)nnn2-c2ccc(C(F)F)cc2)nn1. The number of rotatable bonds is 7. The van der Waals surface area contributed by atoms with Crippen LogP contribution in [0.2, 0.25) is 0 Å². The average molecular weight is 459 g/mol. The topological polar surface area (TPSA) is 107 Å². The van der Waals surface area contributed by atoms with Crippen LogP contribution in [0, 0.1) is 6.92 Å². The van der Waals surface area contributed by atoms with Gasteiger partial charge in [-0.15, -0.1) is 15.3 Å². The van der Waals surface area contributed by atoms with Gasteiger partial charge in [-0.1, -0.05) is 17.3 Å². The largest absolute Gasteiger partial charge is 0.470 e. The summed E-state index contributed by atoms with van der Waals surface area (Å²) in [5, 5.41) is 19.6. The number of hydrogen-bond acceptors (Lipinski definition) is 9. The molecule has 4 rings (SSSR count). The summed E-state index contributed by atoms with van der Waals surface area (Å²) < 4.78 is 37.8. The number of carbonyl (C=O) groups is 1. The quantitative estimate of drug-likeness (QED) is 0.530. The van der Waals surface area contributed by atoms with E-state index in [1.807, 2.05) is 4.90 Å². The van der Waals surface area contributed by atoms with Gasteiger partial charge in [-0.2, -0.15) is 0 Å². The van der Waals surface area contributed by atoms with Crippen molar-refractivity contribution in [2.24, 2.45) is 0 Å². The molecule has 0 bridgehead atoms. The highest BCUT2D eigenvalue weighted by molar-refractivity contribution is 5.80. The number of aromatic nitrogens is 5. The van der Waals surface area contributed by atoms with E-state index in [4.69, 9.17) is 9.47 Å². The molecule has 2 aromatic heterocycles. The predicted molar refractivity (Wildman–Crippen MR) is 113 cm³/mol. The van der Waals surface area contributed by atoms with Crippen LogP contribution in [0.3, 0.4) is 0 Å². The molecule has 3 aromatic rings. The summed E-state index contributed by atoms with van der Waals surface area (Å²) in [5.74, 6) is 0.479. The Morgan fingerprint density at radius 3 is 2.64 bits per heavy atom. The lowest BCUT2D eigenvalue weighted by Gasteiger charge is -2.34. The van der Waals surface area contributed by atoms with E-state index >= 15 is 0 Å². The predicted octanol–water partition coefficient (Wildman–Crippen LogP) is 1.83. The van der Waals surface area contributed by atoms with Crippen molar-refractivity contribution in [1.82, 2.24) is 30.5 Å². The highest BCUT2D eigenvalue weighted by atomic mass is 19.3. The van der Waals surface area contributed by atoms with E-state index in [2.05, 4.69) is 25.8 Å². The van der Waals surface area contributed by atoms with Gasteiger partial charge in [0.15, 0.2) is 5.82 Å². The second-order valence-corrected chi connectivity index (χ2v) is 7.38. The third kappa shape index (κ3) is 4.90. The first-order valence-corrected chi connectivity index (χ1v) is 10.3. The number of carbonyl (C=O) groups excluding carboxylic acids is 1. The number of methoxy groups -OCH3 is 1. The fourth-order valence-corrected chi connectivity index (χ4v) is 3.52. The Labute approximate surface area is 188 Å². The average Bonchev–Trinajstić information content (AvgIpc) is 3.22. The zero-order chi connectivity index (χ0) is 23.4. The van der Waals surface area contributed by atoms with Gasteiger partial charge in [-0.25, -0.2) is 18.3 Å². The summed E-state index contributed by atoms with van der Waals surface area (Å²) in [6, 6.07) is 8.73. The fraction of sp³-hybridized carbons (Fsp3) is 0.381. The Balaban J connectivity index is 1.46. The van der Waals surface area contributed by atoms with Crippen LogP contribution in [0.1, 0.15) is 23.4 Å². The van der Waals surface area contributed by atoms with Crippen LogP contribution in [0.4, 0.5) is 14.6 Å². The van der Waals surface area contributed by atoms with Crippen LogP contribution in [0.25, 0.3) is 5.69 Å². The van der Waals surface area contributed by atoms with E-state index in [1.165, 1.54) is 23.9 Å². The molecule has 1 aliphatic rings. The standard InChI is InChI=1S/C21H23F2N7O3/c1-13-17(30(28-25-13)15-5-3-14(4-6-15)20(22)23)12-33-19-8-7-18(26-27-19)29-10-9-24-11-16(29)21(31)32-2/h3-8,16,20,24H,9-12H2,1-2H3/t16-/m0/s1. The maximum absolute atomic E-state index is 12.8. The zero-order valence-corrected chi connectivity index (χ0v) is 18.1. The Bertz CT molecular complexity index is 1090. The minimum atomic E-state index is -2.54. The van der Waals surface area contributed by atoms with Crippen LogP contribution < -0.4 is 15.0 Å². The summed E-state index contributed by atoms with van der Waals surface area (Å²) in [5.41, 5.74) is 1.81. The van der Waals surface area contributed by atoms with E-state index in [0.717, 1.165) is 0 Å². The number of alkyl halides is 2. The van der Waals surface area contributed by atoms with Crippen LogP contribution in [-0.4, -0.2) is 63.9 Å². The van der Waals surface area contributed by atoms with Gasteiger partial charge in [-0.05, 0) is 25.1 Å². The number of aryl methyl sites for hydroxylation is 1. The van der Waals surface area contributed by atoms with Crippen molar-refractivity contribution in [2.75, 3.05) is 31.6 Å². The molecule has 1 fully saturated rings. The van der Waals surface area contributed by atoms with Crippen molar-refractivity contribution in [2.45, 2.75) is 26.0 Å². The van der Waals surface area contributed by atoms with Gasteiger partial charge >= 0.3 is 5.97 Å². The number of anilines is 1. The molecule has 10 nitrogen and oxygen atoms in total. The number of nitrogens with one attached hydrogen (secondary N) is 1. The molecule has 0 unspecified atom stereocenters. The number of hydrogen-bond donors (Lipinski definition) is 1. The number of ether oxygens (including phenoxy) is 2. The number of benzene rings is 1. The van der Waals surface area contributed by atoms with Crippen molar-refractivity contribution in [1.29, 1.82) is 0 Å². The molecule has 0 saturated carbocycles. The molecule has 1 saturated heterocycles. The minimum absolute atomic E-state index is 0.0670. The third-order valence-electron chi connectivity index (χ3n) is 5.34. The van der Waals surface area contributed by atoms with E-state index in [9.17, 15) is 13.6 Å². The molecule has 0 amide bonds. The van der Waals surface area contributed by atoms with Gasteiger partial charge in [-0.3, -0.25) is 0 Å². The maximum atomic E-state index is 12.8. The molecule has 0 radical (unpaired) electrons. The van der Waals surface area contributed by atoms with E-state index in [1.54, 1.807) is 31.2 Å². The van der Waals surface area contributed by atoms with Crippen molar-refractivity contribution >= 4 is 11.8 Å². The number of nitrogens with zero attached hydrogens (tertiary/aromatic N) is 6. The normalized spacial score (nSPS) is 16.2. The molecule has 1 aliphatic heterocycles. The molecule has 174 valence electrons. The molecule has 0 spiro atoms. The Morgan fingerprint density at radius 1 is 1.18 bits per heavy atom. The minimum Gasteiger partial charge on any atom is -0.470 e. The molecule has 12 heteroatoms. The summed E-state index contributed by atoms with van der Waals surface area (Å²) >= 11 is 0. The summed E-state index contributed by atoms with van der Waals surface area (Å²) in [7, 11) is 1.35. The maximum Gasteiger partial charge on any atom is 0.329 e. The van der Waals surface area contributed by atoms with E-state index in [0.29, 0.717) is 42.5 Å². The van der Waals surface area contributed by atoms with Crippen LogP contribution in [-0.2, 0) is 16.1 Å². The molecule has 1 N–H and O–H groups in total. The zero-order valence-electron chi connectivity index (χ0n) is 18.1. The van der Waals surface area contributed by atoms with Crippen LogP contribution in [0.5, 0.6) is 5.88 Å². The molecule has 33 heavy (non-hydrogen) atoms. The van der Waals surface area contributed by atoms with E-state index < -0.39 is 12.5 Å². The Morgan fingerprint density at radius 2 is 1.97 bits per heavy atom. The Hall–Kier alpha value is -3.67. The summed E-state index contributed by atoms with van der Waals surface area (Å²) in [6.45, 7) is 3.63. The second kappa shape index (κ2) is 9.86. The first-order valence-electron chi connectivity index (χ1n) is 10.3. The summed E-state index contributed by atoms with van der Waals surface area (Å²) in [6.07, 6.45) is -2.54. The van der Waals surface area contributed by atoms with Gasteiger partial charge in [0, 0.05) is 31.3 Å². The van der Waals surface area contributed by atoms with E-state index in [-0.39, 0.29) is 24.0 Å². The van der Waals surface area contributed by atoms with Crippen molar-refractivity contribution in [3.05, 3.63) is 53.3 Å². The second-order valence-electron chi connectivity index (χ2n) is 7.38. The van der Waals surface area contributed by atoms with Crippen molar-refractivity contribution in [3.63, 3.8) is 0 Å². The van der Waals surface area contributed by atoms with Crippen LogP contribution >= 0.6 is 0 Å². The van der Waals surface area contributed by atoms with Gasteiger partial charge in [0.25, 0.3) is 6.43 Å². The highest BCUT2D eigenvalue weighted by Gasteiger charge is 2.30. The van der Waals surface area contributed by atoms with Gasteiger partial charge in [0.2, 0.25) is 5.88 Å². The van der Waals surface area contributed by atoms with Gasteiger partial charge < -0.3 is 19.7 Å². The lowest BCUT2D eigenvalue weighted by molar-refractivity contribution is -0.142. The van der Waals surface area contributed by atoms with Crippen molar-refractivity contribution in [3.8, 4) is 11.6 Å². The summed E-state index contributed by atoms with van der Waals surface area (Å²) in [4.78, 5) is 13.9.